The minimum absolute atomic E-state index is 0.0211. The molecule has 0 radical (unpaired) electrons. The SMILES string of the molecule is O=Nc1cc(Nc2ccccc2)c(N=O)c(N=O)c1N=O. The summed E-state index contributed by atoms with van der Waals surface area (Å²) in [5.74, 6) is 0. The van der Waals surface area contributed by atoms with E-state index < -0.39 is 22.7 Å². The van der Waals surface area contributed by atoms with Crippen molar-refractivity contribution < 1.29 is 0 Å². The molecule has 0 saturated carbocycles. The van der Waals surface area contributed by atoms with Crippen LogP contribution in [0.5, 0.6) is 0 Å². The van der Waals surface area contributed by atoms with Gasteiger partial charge < -0.3 is 5.32 Å². The monoisotopic (exact) mass is 285 g/mol. The van der Waals surface area contributed by atoms with Gasteiger partial charge in [-0.15, -0.1) is 19.6 Å². The standard InChI is InChI=1S/C12H7N5O4/c18-14-9-6-8(13-7-4-2-1-3-5-7)10(15-19)12(17-21)11(9)16-20/h1-6,13H. The first-order valence-corrected chi connectivity index (χ1v) is 5.61. The van der Waals surface area contributed by atoms with Gasteiger partial charge in [0.15, 0.2) is 17.1 Å². The number of rotatable bonds is 6. The Hall–Kier alpha value is -3.36. The minimum Gasteiger partial charge on any atom is -0.354 e. The van der Waals surface area contributed by atoms with Crippen LogP contribution < -0.4 is 5.32 Å². The zero-order valence-electron chi connectivity index (χ0n) is 10.4. The molecule has 0 aliphatic heterocycles. The zero-order chi connectivity index (χ0) is 15.2. The lowest BCUT2D eigenvalue weighted by molar-refractivity contribution is 1.34. The maximum atomic E-state index is 10.9. The van der Waals surface area contributed by atoms with Crippen molar-refractivity contribution in [3.05, 3.63) is 56.0 Å². The van der Waals surface area contributed by atoms with Crippen molar-refractivity contribution in [2.24, 2.45) is 20.7 Å². The molecule has 104 valence electrons. The van der Waals surface area contributed by atoms with Gasteiger partial charge in [0.05, 0.1) is 5.69 Å². The Morgan fingerprint density at radius 3 is 1.86 bits per heavy atom. The van der Waals surface area contributed by atoms with Crippen LogP contribution in [0.15, 0.2) is 57.1 Å². The Labute approximate surface area is 117 Å². The lowest BCUT2D eigenvalue weighted by atomic mass is 10.1. The van der Waals surface area contributed by atoms with E-state index in [-0.39, 0.29) is 5.69 Å². The van der Waals surface area contributed by atoms with Gasteiger partial charge in [-0.2, -0.15) is 0 Å². The Kier molecular flexibility index (Phi) is 4.14. The molecule has 0 aliphatic carbocycles. The van der Waals surface area contributed by atoms with Gasteiger partial charge in [0.25, 0.3) is 0 Å². The number of para-hydroxylation sites is 1. The van der Waals surface area contributed by atoms with Crippen molar-refractivity contribution in [3.63, 3.8) is 0 Å². The maximum Gasteiger partial charge on any atom is 0.170 e. The molecule has 0 bridgehead atoms. The molecule has 0 amide bonds. The third-order valence-corrected chi connectivity index (χ3v) is 2.65. The molecular formula is C12H7N5O4. The van der Waals surface area contributed by atoms with E-state index in [0.717, 1.165) is 6.07 Å². The highest BCUT2D eigenvalue weighted by Crippen LogP contribution is 2.49. The van der Waals surface area contributed by atoms with Crippen LogP contribution >= 0.6 is 0 Å². The van der Waals surface area contributed by atoms with Crippen molar-refractivity contribution in [3.8, 4) is 0 Å². The molecule has 0 unspecified atom stereocenters. The van der Waals surface area contributed by atoms with E-state index in [1.807, 2.05) is 0 Å². The van der Waals surface area contributed by atoms with Crippen LogP contribution in [0, 0.1) is 19.6 Å². The van der Waals surface area contributed by atoms with Gasteiger partial charge in [-0.1, -0.05) is 18.2 Å². The van der Waals surface area contributed by atoms with Gasteiger partial charge in [0, 0.05) is 5.69 Å². The predicted octanol–water partition coefficient (Wildman–Crippen LogP) is 5.02. The lowest BCUT2D eigenvalue weighted by Crippen LogP contribution is -1.91. The Morgan fingerprint density at radius 1 is 0.714 bits per heavy atom. The molecule has 9 nitrogen and oxygen atoms in total. The summed E-state index contributed by atoms with van der Waals surface area (Å²) in [6.45, 7) is 0. The fourth-order valence-electron chi connectivity index (χ4n) is 1.75. The average Bonchev–Trinajstić information content (AvgIpc) is 2.54. The van der Waals surface area contributed by atoms with Gasteiger partial charge in [-0.25, -0.2) is 0 Å². The van der Waals surface area contributed by atoms with Crippen molar-refractivity contribution in [2.45, 2.75) is 0 Å². The molecule has 2 aromatic rings. The number of benzene rings is 2. The molecule has 0 atom stereocenters. The second-order valence-electron chi connectivity index (χ2n) is 3.85. The number of anilines is 2. The number of hydrogen-bond acceptors (Lipinski definition) is 9. The quantitative estimate of drug-likeness (QED) is 0.744. The molecule has 0 fully saturated rings. The highest BCUT2D eigenvalue weighted by Gasteiger charge is 2.22. The van der Waals surface area contributed by atoms with Crippen molar-refractivity contribution in [2.75, 3.05) is 5.32 Å². The molecule has 1 N–H and O–H groups in total. The number of nitrogens with one attached hydrogen (secondary N) is 1. The van der Waals surface area contributed by atoms with Crippen LogP contribution in [0.2, 0.25) is 0 Å². The number of nitrogens with zero attached hydrogens (tertiary/aromatic N) is 4. The summed E-state index contributed by atoms with van der Waals surface area (Å²) >= 11 is 0. The molecule has 0 aromatic heterocycles. The van der Waals surface area contributed by atoms with Crippen LogP contribution in [0.3, 0.4) is 0 Å². The highest BCUT2D eigenvalue weighted by molar-refractivity contribution is 5.93. The Morgan fingerprint density at radius 2 is 1.33 bits per heavy atom. The summed E-state index contributed by atoms with van der Waals surface area (Å²) < 4.78 is 0. The molecule has 0 saturated heterocycles. The largest absolute Gasteiger partial charge is 0.354 e. The van der Waals surface area contributed by atoms with Crippen molar-refractivity contribution in [1.82, 2.24) is 0 Å². The molecule has 0 aliphatic rings. The summed E-state index contributed by atoms with van der Waals surface area (Å²) in [5.41, 5.74) is -1.49. The molecule has 2 aromatic carbocycles. The van der Waals surface area contributed by atoms with Gasteiger partial charge in [-0.05, 0) is 38.9 Å². The highest BCUT2D eigenvalue weighted by atomic mass is 16.3. The lowest BCUT2D eigenvalue weighted by Gasteiger charge is -2.10. The van der Waals surface area contributed by atoms with E-state index in [0.29, 0.717) is 5.69 Å². The minimum atomic E-state index is -0.629. The number of nitroso groups, excluding NO2 is 4. The maximum absolute atomic E-state index is 10.9. The Bertz CT molecular complexity index is 717. The molecule has 0 heterocycles. The summed E-state index contributed by atoms with van der Waals surface area (Å²) in [7, 11) is 0. The second-order valence-corrected chi connectivity index (χ2v) is 3.85. The fourth-order valence-corrected chi connectivity index (χ4v) is 1.75. The van der Waals surface area contributed by atoms with Gasteiger partial charge in [-0.3, -0.25) is 0 Å². The fraction of sp³-hybridized carbons (Fsp3) is 0. The normalized spacial score (nSPS) is 9.71. The van der Waals surface area contributed by atoms with E-state index in [1.54, 1.807) is 30.3 Å². The Balaban J connectivity index is 2.65. The zero-order valence-corrected chi connectivity index (χ0v) is 10.4. The third-order valence-electron chi connectivity index (χ3n) is 2.65. The van der Waals surface area contributed by atoms with E-state index in [9.17, 15) is 19.6 Å². The topological polar surface area (TPSA) is 130 Å². The summed E-state index contributed by atoms with van der Waals surface area (Å²) in [6, 6.07) is 9.71. The molecule has 21 heavy (non-hydrogen) atoms. The van der Waals surface area contributed by atoms with E-state index in [4.69, 9.17) is 0 Å². The van der Waals surface area contributed by atoms with Crippen LogP contribution in [0.25, 0.3) is 0 Å². The molecule has 9 heteroatoms. The van der Waals surface area contributed by atoms with E-state index in [2.05, 4.69) is 26.0 Å². The van der Waals surface area contributed by atoms with Crippen LogP contribution in [0.1, 0.15) is 0 Å². The molecular weight excluding hydrogens is 278 g/mol. The smallest absolute Gasteiger partial charge is 0.170 e. The average molecular weight is 285 g/mol. The van der Waals surface area contributed by atoms with Crippen molar-refractivity contribution in [1.29, 1.82) is 0 Å². The van der Waals surface area contributed by atoms with Crippen LogP contribution in [0.4, 0.5) is 34.1 Å². The van der Waals surface area contributed by atoms with Crippen LogP contribution in [-0.2, 0) is 0 Å². The molecule has 0 spiro atoms. The number of hydrogen-bond donors (Lipinski definition) is 1. The summed E-state index contributed by atoms with van der Waals surface area (Å²) in [4.78, 5) is 43.2. The van der Waals surface area contributed by atoms with E-state index >= 15 is 0 Å². The first-order valence-electron chi connectivity index (χ1n) is 5.61. The predicted molar refractivity (Wildman–Crippen MR) is 78.0 cm³/mol. The van der Waals surface area contributed by atoms with Gasteiger partial charge >= 0.3 is 0 Å². The van der Waals surface area contributed by atoms with Crippen molar-refractivity contribution >= 4 is 34.1 Å². The van der Waals surface area contributed by atoms with E-state index in [1.165, 1.54) is 0 Å². The second kappa shape index (κ2) is 6.19. The first kappa shape index (κ1) is 14.1. The first-order chi connectivity index (χ1) is 10.2. The summed E-state index contributed by atoms with van der Waals surface area (Å²) in [5, 5.41) is 13.1. The molecule has 2 rings (SSSR count). The summed E-state index contributed by atoms with van der Waals surface area (Å²) in [6.07, 6.45) is 0. The van der Waals surface area contributed by atoms with Crippen LogP contribution in [-0.4, -0.2) is 0 Å². The van der Waals surface area contributed by atoms with Gasteiger partial charge in [0.1, 0.15) is 5.69 Å². The third kappa shape index (κ3) is 2.66. The van der Waals surface area contributed by atoms with Gasteiger partial charge in [0.2, 0.25) is 0 Å².